The number of aromatic nitrogens is 1. The molecule has 0 spiro atoms. The Kier molecular flexibility index (Phi) is 7.85. The normalized spacial score (nSPS) is 11.6. The van der Waals surface area contributed by atoms with Crippen molar-refractivity contribution in [3.05, 3.63) is 88.7 Å². The van der Waals surface area contributed by atoms with Crippen LogP contribution in [0.1, 0.15) is 54.1 Å². The lowest BCUT2D eigenvalue weighted by Crippen LogP contribution is -2.14. The molecule has 0 radical (unpaired) electrons. The van der Waals surface area contributed by atoms with E-state index in [4.69, 9.17) is 0 Å². The van der Waals surface area contributed by atoms with Gasteiger partial charge in [0.15, 0.2) is 0 Å². The average molecular weight is 427 g/mol. The van der Waals surface area contributed by atoms with Gasteiger partial charge in [-0.25, -0.2) is 0 Å². The molecule has 0 saturated carbocycles. The fourth-order valence-corrected chi connectivity index (χ4v) is 3.55. The van der Waals surface area contributed by atoms with E-state index in [0.717, 1.165) is 24.5 Å². The van der Waals surface area contributed by atoms with Crippen LogP contribution < -0.4 is 5.32 Å². The summed E-state index contributed by atoms with van der Waals surface area (Å²) in [6.07, 6.45) is 1.49. The number of rotatable bonds is 9. The van der Waals surface area contributed by atoms with Crippen molar-refractivity contribution in [2.75, 3.05) is 0 Å². The third-order valence-electron chi connectivity index (χ3n) is 5.28. The van der Waals surface area contributed by atoms with Gasteiger partial charge in [0.05, 0.1) is 0 Å². The Morgan fingerprint density at radius 3 is 2.16 bits per heavy atom. The summed E-state index contributed by atoms with van der Waals surface area (Å²) in [7, 11) is 0. The monoisotopic (exact) mass is 426 g/mol. The lowest BCUT2D eigenvalue weighted by molar-refractivity contribution is -0.141. The molecule has 2 aromatic carbocycles. The van der Waals surface area contributed by atoms with Crippen molar-refractivity contribution in [3.8, 4) is 11.1 Å². The van der Waals surface area contributed by atoms with E-state index >= 15 is 0 Å². The maximum atomic E-state index is 12.7. The van der Waals surface area contributed by atoms with E-state index in [9.17, 15) is 13.2 Å². The number of unbranched alkanes of at least 4 members (excludes halogenated alkanes) is 2. The molecule has 164 valence electrons. The first-order valence-electron chi connectivity index (χ1n) is 10.8. The summed E-state index contributed by atoms with van der Waals surface area (Å²) in [5.41, 5.74) is 5.97. The molecule has 2 nitrogen and oxygen atoms in total. The average Bonchev–Trinajstić information content (AvgIpc) is 2.74. The van der Waals surface area contributed by atoms with Gasteiger partial charge in [-0.15, -0.1) is 0 Å². The Morgan fingerprint density at radius 2 is 1.52 bits per heavy atom. The summed E-state index contributed by atoms with van der Waals surface area (Å²) in [5.74, 6) is 0. The zero-order valence-electron chi connectivity index (χ0n) is 18.1. The van der Waals surface area contributed by atoms with Crippen LogP contribution in [0.4, 0.5) is 13.2 Å². The van der Waals surface area contributed by atoms with Crippen molar-refractivity contribution in [2.45, 2.75) is 58.8 Å². The molecule has 3 aromatic rings. The predicted octanol–water partition coefficient (Wildman–Crippen LogP) is 7.10. The van der Waals surface area contributed by atoms with Gasteiger partial charge in [-0.05, 0) is 59.7 Å². The van der Waals surface area contributed by atoms with Crippen molar-refractivity contribution in [2.24, 2.45) is 0 Å². The number of nitrogens with one attached hydrogen (secondary N) is 1. The molecule has 1 heterocycles. The van der Waals surface area contributed by atoms with Gasteiger partial charge < -0.3 is 5.32 Å². The molecule has 0 unspecified atom stereocenters. The molecule has 0 amide bonds. The van der Waals surface area contributed by atoms with Crippen LogP contribution in [0, 0.1) is 6.92 Å². The van der Waals surface area contributed by atoms with E-state index in [-0.39, 0.29) is 0 Å². The second-order valence-corrected chi connectivity index (χ2v) is 8.01. The Balaban J connectivity index is 1.70. The molecular formula is C26H29F3N2. The van der Waals surface area contributed by atoms with Gasteiger partial charge in [-0.3, -0.25) is 4.98 Å². The summed E-state index contributed by atoms with van der Waals surface area (Å²) in [4.78, 5) is 3.53. The lowest BCUT2D eigenvalue weighted by atomic mass is 9.96. The summed E-state index contributed by atoms with van der Waals surface area (Å²) in [6, 6.07) is 17.7. The van der Waals surface area contributed by atoms with Crippen molar-refractivity contribution in [1.29, 1.82) is 0 Å². The van der Waals surface area contributed by atoms with Crippen LogP contribution in [-0.2, 0) is 25.7 Å². The second kappa shape index (κ2) is 10.6. The fraction of sp³-hybridized carbons (Fsp3) is 0.346. The molecule has 1 N–H and O–H groups in total. The first-order valence-corrected chi connectivity index (χ1v) is 10.8. The third kappa shape index (κ3) is 6.93. The summed E-state index contributed by atoms with van der Waals surface area (Å²) < 4.78 is 38.0. The summed E-state index contributed by atoms with van der Waals surface area (Å²) in [6.45, 7) is 5.39. The van der Waals surface area contributed by atoms with Gasteiger partial charge in [0, 0.05) is 19.3 Å². The molecule has 3 rings (SSSR count). The SMILES string of the molecule is CCCCCc1cc(CNCc2ccc(C(F)(F)F)nc2)cc(-c2ccc(C)cc2)c1. The van der Waals surface area contributed by atoms with Crippen LogP contribution >= 0.6 is 0 Å². The third-order valence-corrected chi connectivity index (χ3v) is 5.28. The zero-order chi connectivity index (χ0) is 22.3. The van der Waals surface area contributed by atoms with E-state index < -0.39 is 11.9 Å². The van der Waals surface area contributed by atoms with Crippen LogP contribution in [-0.4, -0.2) is 4.98 Å². The first kappa shape index (κ1) is 23.0. The number of hydrogen-bond acceptors (Lipinski definition) is 2. The Bertz CT molecular complexity index is 961. The minimum atomic E-state index is -4.41. The molecule has 0 aliphatic heterocycles. The highest BCUT2D eigenvalue weighted by atomic mass is 19.4. The van der Waals surface area contributed by atoms with E-state index in [1.165, 1.54) is 52.9 Å². The van der Waals surface area contributed by atoms with Crippen molar-refractivity contribution in [3.63, 3.8) is 0 Å². The molecule has 31 heavy (non-hydrogen) atoms. The number of nitrogens with zero attached hydrogens (tertiary/aromatic N) is 1. The highest BCUT2D eigenvalue weighted by Gasteiger charge is 2.31. The predicted molar refractivity (Wildman–Crippen MR) is 120 cm³/mol. The maximum absolute atomic E-state index is 12.7. The van der Waals surface area contributed by atoms with Gasteiger partial charge in [0.2, 0.25) is 0 Å². The molecule has 5 heteroatoms. The standard InChI is InChI=1S/C26H29F3N2/c1-3-4-5-6-20-13-22(15-24(14-20)23-10-7-19(2)8-11-23)17-30-16-21-9-12-25(31-18-21)26(27,28)29/h7-15,18,30H,3-6,16-17H2,1-2H3. The molecular weight excluding hydrogens is 397 g/mol. The largest absolute Gasteiger partial charge is 0.433 e. The Hall–Kier alpha value is -2.66. The zero-order valence-corrected chi connectivity index (χ0v) is 18.1. The quantitative estimate of drug-likeness (QED) is 0.369. The molecule has 1 aromatic heterocycles. The number of hydrogen-bond donors (Lipinski definition) is 1. The number of aryl methyl sites for hydroxylation is 2. The molecule has 0 atom stereocenters. The van der Waals surface area contributed by atoms with E-state index in [2.05, 4.69) is 66.6 Å². The van der Waals surface area contributed by atoms with Gasteiger partial charge >= 0.3 is 6.18 Å². The van der Waals surface area contributed by atoms with Gasteiger partial charge in [-0.2, -0.15) is 13.2 Å². The Labute approximate surface area is 182 Å². The van der Waals surface area contributed by atoms with Crippen LogP contribution in [0.2, 0.25) is 0 Å². The van der Waals surface area contributed by atoms with Crippen molar-refractivity contribution < 1.29 is 13.2 Å². The van der Waals surface area contributed by atoms with Crippen molar-refractivity contribution in [1.82, 2.24) is 10.3 Å². The van der Waals surface area contributed by atoms with Gasteiger partial charge in [-0.1, -0.05) is 67.8 Å². The summed E-state index contributed by atoms with van der Waals surface area (Å²) >= 11 is 0. The van der Waals surface area contributed by atoms with Crippen LogP contribution in [0.25, 0.3) is 11.1 Å². The number of benzene rings is 2. The van der Waals surface area contributed by atoms with Crippen molar-refractivity contribution >= 4 is 0 Å². The topological polar surface area (TPSA) is 24.9 Å². The number of halogens is 3. The molecule has 0 aliphatic carbocycles. The highest BCUT2D eigenvalue weighted by molar-refractivity contribution is 5.65. The fourth-order valence-electron chi connectivity index (χ4n) is 3.55. The molecule has 0 aliphatic rings. The number of pyridine rings is 1. The van der Waals surface area contributed by atoms with Crippen LogP contribution in [0.3, 0.4) is 0 Å². The first-order chi connectivity index (χ1) is 14.8. The molecule has 0 bridgehead atoms. The molecule has 0 fully saturated rings. The van der Waals surface area contributed by atoms with Crippen LogP contribution in [0.5, 0.6) is 0 Å². The van der Waals surface area contributed by atoms with E-state index in [1.54, 1.807) is 0 Å². The van der Waals surface area contributed by atoms with Gasteiger partial charge in [0.1, 0.15) is 5.69 Å². The van der Waals surface area contributed by atoms with Crippen LogP contribution in [0.15, 0.2) is 60.8 Å². The Morgan fingerprint density at radius 1 is 0.806 bits per heavy atom. The minimum Gasteiger partial charge on any atom is -0.309 e. The number of alkyl halides is 3. The smallest absolute Gasteiger partial charge is 0.309 e. The second-order valence-electron chi connectivity index (χ2n) is 8.01. The van der Waals surface area contributed by atoms with E-state index in [1.807, 2.05) is 0 Å². The maximum Gasteiger partial charge on any atom is 0.433 e. The minimum absolute atomic E-state index is 0.463. The van der Waals surface area contributed by atoms with Gasteiger partial charge in [0.25, 0.3) is 0 Å². The lowest BCUT2D eigenvalue weighted by Gasteiger charge is -2.12. The highest BCUT2D eigenvalue weighted by Crippen LogP contribution is 2.27. The van der Waals surface area contributed by atoms with E-state index in [0.29, 0.717) is 13.1 Å². The molecule has 0 saturated heterocycles. The summed E-state index contributed by atoms with van der Waals surface area (Å²) in [5, 5.41) is 3.34.